The highest BCUT2D eigenvalue weighted by molar-refractivity contribution is 5.73. The van der Waals surface area contributed by atoms with Gasteiger partial charge in [-0.2, -0.15) is 0 Å². The van der Waals surface area contributed by atoms with Crippen molar-refractivity contribution in [1.82, 2.24) is 5.32 Å². The highest BCUT2D eigenvalue weighted by Gasteiger charge is 2.53. The maximum Gasteiger partial charge on any atom is 0.217 e. The molecule has 0 aliphatic carbocycles. The minimum Gasteiger partial charge on any atom is -0.394 e. The molecule has 1 amide bonds. The Morgan fingerprint density at radius 1 is 0.722 bits per heavy atom. The molecule has 36 heavy (non-hydrogen) atoms. The molecule has 15 atom stereocenters. The largest absolute Gasteiger partial charge is 0.394 e. The third-order valence-corrected chi connectivity index (χ3v) is 6.46. The lowest BCUT2D eigenvalue weighted by molar-refractivity contribution is -0.378. The molecule has 0 saturated carbocycles. The van der Waals surface area contributed by atoms with Gasteiger partial charge in [-0.15, -0.1) is 0 Å². The molecule has 3 aliphatic rings. The minimum absolute atomic E-state index is 0.630. The lowest BCUT2D eigenvalue weighted by atomic mass is 9.95. The first-order valence-electron chi connectivity index (χ1n) is 11.4. The second-order valence-corrected chi connectivity index (χ2v) is 9.05. The average Bonchev–Trinajstić information content (AvgIpc) is 2.83. The fourth-order valence-corrected chi connectivity index (χ4v) is 4.38. The fourth-order valence-electron chi connectivity index (χ4n) is 4.38. The van der Waals surface area contributed by atoms with Crippen LogP contribution in [0.2, 0.25) is 0 Å². The highest BCUT2D eigenvalue weighted by atomic mass is 16.8. The topological polar surface area (TPSA) is 257 Å². The predicted octanol–water partition coefficient (Wildman–Crippen LogP) is -6.40. The molecule has 3 heterocycles. The summed E-state index contributed by atoms with van der Waals surface area (Å²) in [6.07, 6.45) is -22.1. The van der Waals surface area contributed by atoms with E-state index in [0.29, 0.717) is 0 Å². The van der Waals surface area contributed by atoms with E-state index in [1.165, 1.54) is 6.92 Å². The molecule has 0 aromatic carbocycles. The molecule has 3 rings (SSSR count). The SMILES string of the molecule is CC(=O)N[C@H]1[C@H](O[C@@H]2[C@H](O[C@H]3O[C@H](CO)[C@@H](O)[C@H](O)[C@H]3O)[C@@H](O)[C@H](C)O[C@H]2O)O[C@H](CO)[C@@H](O)[C@@H]1O. The van der Waals surface area contributed by atoms with Crippen molar-refractivity contribution < 1.29 is 74.4 Å². The van der Waals surface area contributed by atoms with Gasteiger partial charge in [-0.25, -0.2) is 0 Å². The third-order valence-electron chi connectivity index (χ3n) is 6.46. The Hall–Kier alpha value is -1.09. The van der Waals surface area contributed by atoms with Gasteiger partial charge in [0, 0.05) is 6.92 Å². The summed E-state index contributed by atoms with van der Waals surface area (Å²) in [6.45, 7) is 1.05. The van der Waals surface area contributed by atoms with Crippen LogP contribution in [0.5, 0.6) is 0 Å². The van der Waals surface area contributed by atoms with Gasteiger partial charge in [0.15, 0.2) is 18.9 Å². The van der Waals surface area contributed by atoms with E-state index < -0.39 is 111 Å². The Balaban J connectivity index is 1.86. The number of aliphatic hydroxyl groups excluding tert-OH is 9. The van der Waals surface area contributed by atoms with Crippen LogP contribution in [0.25, 0.3) is 0 Å². The van der Waals surface area contributed by atoms with E-state index in [1.54, 1.807) is 0 Å². The van der Waals surface area contributed by atoms with Crippen LogP contribution >= 0.6 is 0 Å². The lowest BCUT2D eigenvalue weighted by Crippen LogP contribution is -2.68. The van der Waals surface area contributed by atoms with Crippen molar-refractivity contribution in [3.05, 3.63) is 0 Å². The summed E-state index contributed by atoms with van der Waals surface area (Å²) in [5, 5.41) is 93.6. The van der Waals surface area contributed by atoms with E-state index in [4.69, 9.17) is 23.7 Å². The van der Waals surface area contributed by atoms with E-state index in [2.05, 4.69) is 5.32 Å². The van der Waals surface area contributed by atoms with E-state index in [-0.39, 0.29) is 0 Å². The highest BCUT2D eigenvalue weighted by Crippen LogP contribution is 2.32. The Morgan fingerprint density at radius 3 is 1.81 bits per heavy atom. The van der Waals surface area contributed by atoms with Crippen LogP contribution in [0.4, 0.5) is 0 Å². The Bertz CT molecular complexity index is 729. The smallest absolute Gasteiger partial charge is 0.217 e. The third kappa shape index (κ3) is 5.97. The van der Waals surface area contributed by atoms with E-state index >= 15 is 0 Å². The van der Waals surface area contributed by atoms with Crippen molar-refractivity contribution in [2.24, 2.45) is 0 Å². The maximum atomic E-state index is 11.7. The lowest BCUT2D eigenvalue weighted by Gasteiger charge is -2.48. The standard InChI is InChI=1S/C20H35NO15/c1-5-10(25)16(35-20-15(30)14(29)12(27)8(4-23)34-20)17(18(31)32-5)36-19-9(21-6(2)24)13(28)11(26)7(3-22)33-19/h5,7-20,22-23,25-31H,3-4H2,1-2H3,(H,21,24)/t5-,7+,8+,9+,10-,11+,12+,13+,14-,15+,16+,17+,18+,19-,20+/m0/s1. The summed E-state index contributed by atoms with van der Waals surface area (Å²) in [4.78, 5) is 11.7. The van der Waals surface area contributed by atoms with Gasteiger partial charge in [0.1, 0.15) is 67.1 Å². The second-order valence-electron chi connectivity index (χ2n) is 9.05. The Kier molecular flexibility index (Phi) is 9.97. The summed E-state index contributed by atoms with van der Waals surface area (Å²) >= 11 is 0. The van der Waals surface area contributed by atoms with E-state index in [9.17, 15) is 50.8 Å². The Labute approximate surface area is 205 Å². The molecule has 10 N–H and O–H groups in total. The van der Waals surface area contributed by atoms with Crippen molar-refractivity contribution in [3.63, 3.8) is 0 Å². The molecule has 16 nitrogen and oxygen atoms in total. The van der Waals surface area contributed by atoms with E-state index in [0.717, 1.165) is 6.92 Å². The minimum atomic E-state index is -1.83. The van der Waals surface area contributed by atoms with Gasteiger partial charge in [-0.3, -0.25) is 4.79 Å². The van der Waals surface area contributed by atoms with Crippen LogP contribution in [0.15, 0.2) is 0 Å². The fraction of sp³-hybridized carbons (Fsp3) is 0.950. The van der Waals surface area contributed by atoms with E-state index in [1.807, 2.05) is 0 Å². The van der Waals surface area contributed by atoms with Crippen LogP contribution in [0.3, 0.4) is 0 Å². The summed E-state index contributed by atoms with van der Waals surface area (Å²) in [7, 11) is 0. The number of nitrogens with one attached hydrogen (secondary N) is 1. The first kappa shape index (κ1) is 29.5. The van der Waals surface area contributed by atoms with Crippen LogP contribution in [-0.2, 0) is 28.5 Å². The van der Waals surface area contributed by atoms with Gasteiger partial charge in [0.05, 0.1) is 19.3 Å². The molecule has 3 saturated heterocycles. The zero-order chi connectivity index (χ0) is 26.9. The molecule has 0 unspecified atom stereocenters. The molecule has 0 radical (unpaired) electrons. The molecule has 0 aromatic rings. The predicted molar refractivity (Wildman–Crippen MR) is 111 cm³/mol. The zero-order valence-corrected chi connectivity index (χ0v) is 19.5. The van der Waals surface area contributed by atoms with Crippen LogP contribution < -0.4 is 5.32 Å². The molecule has 210 valence electrons. The van der Waals surface area contributed by atoms with Crippen molar-refractivity contribution in [3.8, 4) is 0 Å². The number of aliphatic hydroxyl groups is 9. The van der Waals surface area contributed by atoms with Crippen molar-refractivity contribution in [2.45, 2.75) is 106 Å². The number of hydrogen-bond acceptors (Lipinski definition) is 15. The van der Waals surface area contributed by atoms with Gasteiger partial charge >= 0.3 is 0 Å². The molecule has 16 heteroatoms. The van der Waals surface area contributed by atoms with Gasteiger partial charge in [-0.1, -0.05) is 0 Å². The molecular weight excluding hydrogens is 494 g/mol. The van der Waals surface area contributed by atoms with Crippen LogP contribution in [0, 0.1) is 0 Å². The Morgan fingerprint density at radius 2 is 1.25 bits per heavy atom. The number of carbonyl (C=O) groups is 1. The van der Waals surface area contributed by atoms with Crippen molar-refractivity contribution >= 4 is 5.91 Å². The molecule has 0 bridgehead atoms. The quantitative estimate of drug-likeness (QED) is 0.147. The number of rotatable bonds is 7. The number of ether oxygens (including phenoxy) is 5. The summed E-state index contributed by atoms with van der Waals surface area (Å²) < 4.78 is 27.4. The first-order valence-corrected chi connectivity index (χ1v) is 11.4. The van der Waals surface area contributed by atoms with Crippen LogP contribution in [-0.4, -0.2) is 157 Å². The first-order chi connectivity index (χ1) is 16.9. The molecule has 3 aliphatic heterocycles. The molecule has 0 spiro atoms. The summed E-state index contributed by atoms with van der Waals surface area (Å²) in [6, 6.07) is -1.39. The zero-order valence-electron chi connectivity index (χ0n) is 19.5. The van der Waals surface area contributed by atoms with Gasteiger partial charge in [0.25, 0.3) is 0 Å². The van der Waals surface area contributed by atoms with Gasteiger partial charge in [0.2, 0.25) is 5.91 Å². The number of amides is 1. The normalized spacial score (nSPS) is 50.0. The summed E-state index contributed by atoms with van der Waals surface area (Å²) in [5.74, 6) is -0.630. The van der Waals surface area contributed by atoms with Crippen molar-refractivity contribution in [1.29, 1.82) is 0 Å². The summed E-state index contributed by atoms with van der Waals surface area (Å²) in [5.41, 5.74) is 0. The molecule has 3 fully saturated rings. The van der Waals surface area contributed by atoms with Crippen LogP contribution in [0.1, 0.15) is 13.8 Å². The van der Waals surface area contributed by atoms with Gasteiger partial charge < -0.3 is 75.0 Å². The van der Waals surface area contributed by atoms with Crippen molar-refractivity contribution in [2.75, 3.05) is 13.2 Å². The maximum absolute atomic E-state index is 11.7. The molecular formula is C20H35NO15. The molecule has 0 aromatic heterocycles. The average molecular weight is 529 g/mol. The van der Waals surface area contributed by atoms with Gasteiger partial charge in [-0.05, 0) is 6.92 Å². The second kappa shape index (κ2) is 12.2. The monoisotopic (exact) mass is 529 g/mol. The number of hydrogen-bond donors (Lipinski definition) is 10. The number of carbonyl (C=O) groups excluding carboxylic acids is 1.